The summed E-state index contributed by atoms with van der Waals surface area (Å²) in [6.07, 6.45) is 2.49. The Labute approximate surface area is 74.0 Å². The van der Waals surface area contributed by atoms with E-state index >= 15 is 0 Å². The minimum Gasteiger partial charge on any atom is -0.394 e. The molecular weight excluding hydrogens is 156 g/mol. The van der Waals surface area contributed by atoms with E-state index in [1.807, 2.05) is 13.0 Å². The van der Waals surface area contributed by atoms with Crippen molar-refractivity contribution >= 4 is 0 Å². The number of ether oxygens (including phenoxy) is 2. The topological polar surface area (TPSA) is 38.7 Å². The summed E-state index contributed by atoms with van der Waals surface area (Å²) in [6.45, 7) is 5.95. The second-order valence-corrected chi connectivity index (χ2v) is 2.83. The molecule has 72 valence electrons. The van der Waals surface area contributed by atoms with Gasteiger partial charge in [-0.25, -0.2) is 0 Å². The highest BCUT2D eigenvalue weighted by atomic mass is 16.7. The molecule has 0 rings (SSSR count). The van der Waals surface area contributed by atoms with Crippen molar-refractivity contribution in [1.29, 1.82) is 0 Å². The zero-order valence-electron chi connectivity index (χ0n) is 7.82. The number of rotatable bonds is 7. The third-order valence-corrected chi connectivity index (χ3v) is 1.66. The van der Waals surface area contributed by atoms with Crippen molar-refractivity contribution in [2.75, 3.05) is 20.5 Å². The third kappa shape index (κ3) is 5.29. The summed E-state index contributed by atoms with van der Waals surface area (Å²) in [5.41, 5.74) is 0. The Bertz CT molecular complexity index is 114. The van der Waals surface area contributed by atoms with Crippen LogP contribution >= 0.6 is 0 Å². The van der Waals surface area contributed by atoms with E-state index in [4.69, 9.17) is 14.6 Å². The lowest BCUT2D eigenvalue weighted by atomic mass is 10.0. The smallest absolute Gasteiger partial charge is 0.146 e. The summed E-state index contributed by atoms with van der Waals surface area (Å²) < 4.78 is 9.92. The summed E-state index contributed by atoms with van der Waals surface area (Å²) in [7, 11) is 1.56. The molecule has 0 aliphatic heterocycles. The number of aliphatic hydroxyl groups is 1. The largest absolute Gasteiger partial charge is 0.394 e. The van der Waals surface area contributed by atoms with E-state index in [0.29, 0.717) is 5.92 Å². The Morgan fingerprint density at radius 1 is 1.58 bits per heavy atom. The molecule has 3 nitrogen and oxygen atoms in total. The molecule has 0 heterocycles. The van der Waals surface area contributed by atoms with Gasteiger partial charge in [-0.3, -0.25) is 0 Å². The molecule has 0 unspecified atom stereocenters. The van der Waals surface area contributed by atoms with Gasteiger partial charge in [-0.05, 0) is 12.3 Å². The second kappa shape index (κ2) is 7.28. The zero-order valence-corrected chi connectivity index (χ0v) is 7.82. The van der Waals surface area contributed by atoms with Gasteiger partial charge < -0.3 is 14.6 Å². The van der Waals surface area contributed by atoms with Crippen molar-refractivity contribution in [2.24, 2.45) is 5.92 Å². The first-order valence-electron chi connectivity index (χ1n) is 4.08. The lowest BCUT2D eigenvalue weighted by Crippen LogP contribution is -2.21. The average Bonchev–Trinajstić information content (AvgIpc) is 2.11. The SMILES string of the molecule is C=C[C@H](C)C[C@H](CO)OCOC. The van der Waals surface area contributed by atoms with Crippen molar-refractivity contribution in [3.8, 4) is 0 Å². The Morgan fingerprint density at radius 2 is 2.25 bits per heavy atom. The van der Waals surface area contributed by atoms with Crippen LogP contribution in [0.4, 0.5) is 0 Å². The maximum absolute atomic E-state index is 8.88. The van der Waals surface area contributed by atoms with Crippen LogP contribution in [0.2, 0.25) is 0 Å². The van der Waals surface area contributed by atoms with Crippen LogP contribution < -0.4 is 0 Å². The normalized spacial score (nSPS) is 15.6. The Kier molecular flexibility index (Phi) is 7.05. The fourth-order valence-corrected chi connectivity index (χ4v) is 0.870. The maximum Gasteiger partial charge on any atom is 0.146 e. The Morgan fingerprint density at radius 3 is 2.67 bits per heavy atom. The van der Waals surface area contributed by atoms with Crippen LogP contribution in [0.15, 0.2) is 12.7 Å². The molecule has 1 N–H and O–H groups in total. The quantitative estimate of drug-likeness (QED) is 0.465. The monoisotopic (exact) mass is 174 g/mol. The van der Waals surface area contributed by atoms with Crippen LogP contribution in [0.3, 0.4) is 0 Å². The van der Waals surface area contributed by atoms with E-state index in [-0.39, 0.29) is 19.5 Å². The van der Waals surface area contributed by atoms with Crippen LogP contribution in [0.1, 0.15) is 13.3 Å². The van der Waals surface area contributed by atoms with E-state index < -0.39 is 0 Å². The van der Waals surface area contributed by atoms with E-state index in [1.165, 1.54) is 0 Å². The third-order valence-electron chi connectivity index (χ3n) is 1.66. The lowest BCUT2D eigenvalue weighted by molar-refractivity contribution is -0.0917. The summed E-state index contributed by atoms with van der Waals surface area (Å²) >= 11 is 0. The van der Waals surface area contributed by atoms with Crippen LogP contribution in [-0.2, 0) is 9.47 Å². The molecule has 12 heavy (non-hydrogen) atoms. The van der Waals surface area contributed by atoms with Crippen LogP contribution in [0.5, 0.6) is 0 Å². The minimum atomic E-state index is -0.141. The highest BCUT2D eigenvalue weighted by Gasteiger charge is 2.10. The van der Waals surface area contributed by atoms with Gasteiger partial charge in [-0.2, -0.15) is 0 Å². The second-order valence-electron chi connectivity index (χ2n) is 2.83. The fraction of sp³-hybridized carbons (Fsp3) is 0.778. The highest BCUT2D eigenvalue weighted by molar-refractivity contribution is 4.77. The lowest BCUT2D eigenvalue weighted by Gasteiger charge is -2.16. The fourth-order valence-electron chi connectivity index (χ4n) is 0.870. The van der Waals surface area contributed by atoms with Gasteiger partial charge in [0.15, 0.2) is 0 Å². The Balaban J connectivity index is 3.58. The molecule has 0 bridgehead atoms. The van der Waals surface area contributed by atoms with E-state index in [0.717, 1.165) is 6.42 Å². The molecule has 3 heteroatoms. The molecule has 0 aromatic heterocycles. The van der Waals surface area contributed by atoms with Crippen molar-refractivity contribution in [3.63, 3.8) is 0 Å². The van der Waals surface area contributed by atoms with E-state index in [9.17, 15) is 0 Å². The van der Waals surface area contributed by atoms with Crippen molar-refractivity contribution < 1.29 is 14.6 Å². The van der Waals surface area contributed by atoms with Crippen LogP contribution in [0, 0.1) is 5.92 Å². The molecule has 0 aliphatic rings. The van der Waals surface area contributed by atoms with Gasteiger partial charge in [0, 0.05) is 7.11 Å². The summed E-state index contributed by atoms with van der Waals surface area (Å²) in [6, 6.07) is 0. The maximum atomic E-state index is 8.88. The van der Waals surface area contributed by atoms with Gasteiger partial charge in [-0.15, -0.1) is 6.58 Å². The number of aliphatic hydroxyl groups excluding tert-OH is 1. The number of methoxy groups -OCH3 is 1. The van der Waals surface area contributed by atoms with Crippen molar-refractivity contribution in [2.45, 2.75) is 19.4 Å². The van der Waals surface area contributed by atoms with Gasteiger partial charge >= 0.3 is 0 Å². The van der Waals surface area contributed by atoms with Crippen molar-refractivity contribution in [1.82, 2.24) is 0 Å². The average molecular weight is 174 g/mol. The first kappa shape index (κ1) is 11.6. The first-order valence-corrected chi connectivity index (χ1v) is 4.08. The van der Waals surface area contributed by atoms with E-state index in [2.05, 4.69) is 6.58 Å². The predicted octanol–water partition coefficient (Wildman–Crippen LogP) is 1.18. The number of hydrogen-bond acceptors (Lipinski definition) is 3. The number of allylic oxidation sites excluding steroid dienone is 1. The highest BCUT2D eigenvalue weighted by Crippen LogP contribution is 2.09. The van der Waals surface area contributed by atoms with Crippen LogP contribution in [0.25, 0.3) is 0 Å². The molecule has 0 radical (unpaired) electrons. The summed E-state index contributed by atoms with van der Waals surface area (Å²) in [4.78, 5) is 0. The molecule has 0 saturated heterocycles. The van der Waals surface area contributed by atoms with Gasteiger partial charge in [0.25, 0.3) is 0 Å². The molecular formula is C9H18O3. The van der Waals surface area contributed by atoms with Gasteiger partial charge in [0.2, 0.25) is 0 Å². The standard InChI is InChI=1S/C9H18O3/c1-4-8(2)5-9(6-10)12-7-11-3/h4,8-10H,1,5-7H2,2-3H3/t8-,9+/m0/s1. The van der Waals surface area contributed by atoms with Crippen molar-refractivity contribution in [3.05, 3.63) is 12.7 Å². The van der Waals surface area contributed by atoms with Gasteiger partial charge in [-0.1, -0.05) is 13.0 Å². The van der Waals surface area contributed by atoms with Gasteiger partial charge in [0.05, 0.1) is 12.7 Å². The molecule has 0 spiro atoms. The Hall–Kier alpha value is -0.380. The van der Waals surface area contributed by atoms with E-state index in [1.54, 1.807) is 7.11 Å². The van der Waals surface area contributed by atoms with Gasteiger partial charge in [0.1, 0.15) is 6.79 Å². The molecule has 0 aromatic carbocycles. The summed E-state index contributed by atoms with van der Waals surface area (Å²) in [5.74, 6) is 0.360. The molecule has 0 amide bonds. The molecule has 2 atom stereocenters. The first-order chi connectivity index (χ1) is 5.74. The van der Waals surface area contributed by atoms with Crippen LogP contribution in [-0.4, -0.2) is 31.7 Å². The summed E-state index contributed by atoms with van der Waals surface area (Å²) in [5, 5.41) is 8.88. The molecule has 0 fully saturated rings. The zero-order chi connectivity index (χ0) is 9.40. The minimum absolute atomic E-state index is 0.0293. The number of hydrogen-bond donors (Lipinski definition) is 1. The molecule has 0 aromatic rings. The molecule has 0 aliphatic carbocycles. The predicted molar refractivity (Wildman–Crippen MR) is 47.8 cm³/mol. The molecule has 0 saturated carbocycles.